The fourth-order valence-electron chi connectivity index (χ4n) is 3.60. The molecule has 0 amide bonds. The first-order valence-electron chi connectivity index (χ1n) is 10.6. The van der Waals surface area contributed by atoms with E-state index < -0.39 is 5.82 Å². The lowest BCUT2D eigenvalue weighted by atomic mass is 10.2. The number of aromatic nitrogens is 2. The number of halogens is 2. The van der Waals surface area contributed by atoms with Crippen molar-refractivity contribution in [2.45, 2.75) is 19.1 Å². The van der Waals surface area contributed by atoms with Crippen LogP contribution in [0.2, 0.25) is 5.02 Å². The second kappa shape index (κ2) is 9.60. The van der Waals surface area contributed by atoms with Crippen LogP contribution in [-0.4, -0.2) is 29.3 Å². The maximum atomic E-state index is 13.6. The van der Waals surface area contributed by atoms with Crippen LogP contribution in [0.4, 0.5) is 15.9 Å². The summed E-state index contributed by atoms with van der Waals surface area (Å²) in [6.07, 6.45) is 2.21. The van der Waals surface area contributed by atoms with Crippen molar-refractivity contribution in [2.75, 3.05) is 18.5 Å². The van der Waals surface area contributed by atoms with Gasteiger partial charge in [0.25, 0.3) is 0 Å². The van der Waals surface area contributed by atoms with Crippen LogP contribution in [0, 0.1) is 5.82 Å². The molecule has 1 aromatic heterocycles. The number of hydrogen-bond acceptors (Lipinski definition) is 6. The lowest BCUT2D eigenvalue weighted by Crippen LogP contribution is -2.16. The van der Waals surface area contributed by atoms with Crippen molar-refractivity contribution in [2.24, 2.45) is 0 Å². The van der Waals surface area contributed by atoms with Crippen molar-refractivity contribution in [1.29, 1.82) is 0 Å². The summed E-state index contributed by atoms with van der Waals surface area (Å²) in [6.45, 7) is 1.59. The quantitative estimate of drug-likeness (QED) is 0.366. The van der Waals surface area contributed by atoms with Gasteiger partial charge in [-0.15, -0.1) is 0 Å². The van der Waals surface area contributed by atoms with Crippen LogP contribution >= 0.6 is 11.6 Å². The molecule has 2 heterocycles. The van der Waals surface area contributed by atoms with Crippen LogP contribution in [0.15, 0.2) is 67.0 Å². The first kappa shape index (κ1) is 21.4. The van der Waals surface area contributed by atoms with Crippen LogP contribution in [-0.2, 0) is 11.3 Å². The van der Waals surface area contributed by atoms with Crippen molar-refractivity contribution in [3.63, 3.8) is 0 Å². The van der Waals surface area contributed by atoms with Gasteiger partial charge in [0, 0.05) is 23.6 Å². The molecule has 5 rings (SSSR count). The predicted molar refractivity (Wildman–Crippen MR) is 125 cm³/mol. The number of fused-ring (bicyclic) bond motifs is 1. The maximum absolute atomic E-state index is 13.6. The van der Waals surface area contributed by atoms with E-state index in [0.29, 0.717) is 48.3 Å². The monoisotopic (exact) mass is 465 g/mol. The van der Waals surface area contributed by atoms with E-state index in [1.807, 2.05) is 42.5 Å². The first-order chi connectivity index (χ1) is 16.2. The van der Waals surface area contributed by atoms with Gasteiger partial charge in [-0.3, -0.25) is 0 Å². The van der Waals surface area contributed by atoms with Crippen molar-refractivity contribution in [1.82, 2.24) is 9.97 Å². The molecule has 1 saturated heterocycles. The van der Waals surface area contributed by atoms with E-state index >= 15 is 0 Å². The van der Waals surface area contributed by atoms with Gasteiger partial charge in [-0.1, -0.05) is 41.9 Å². The normalized spacial score (nSPS) is 15.5. The Balaban J connectivity index is 1.50. The van der Waals surface area contributed by atoms with Gasteiger partial charge in [-0.2, -0.15) is 0 Å². The molecular formula is C25H21ClFN3O3. The summed E-state index contributed by atoms with van der Waals surface area (Å²) in [5.41, 5.74) is 2.34. The van der Waals surface area contributed by atoms with Gasteiger partial charge in [0.05, 0.1) is 23.8 Å². The molecule has 33 heavy (non-hydrogen) atoms. The summed E-state index contributed by atoms with van der Waals surface area (Å²) >= 11 is 5.93. The van der Waals surface area contributed by atoms with Crippen LogP contribution in [0.1, 0.15) is 12.0 Å². The Morgan fingerprint density at radius 2 is 1.94 bits per heavy atom. The second-order valence-electron chi connectivity index (χ2n) is 7.67. The van der Waals surface area contributed by atoms with Crippen molar-refractivity contribution in [3.05, 3.63) is 83.4 Å². The van der Waals surface area contributed by atoms with Crippen molar-refractivity contribution >= 4 is 34.0 Å². The predicted octanol–water partition coefficient (Wildman–Crippen LogP) is 5.91. The van der Waals surface area contributed by atoms with E-state index in [-0.39, 0.29) is 11.1 Å². The number of nitrogens with one attached hydrogen (secondary N) is 1. The number of nitrogens with zero attached hydrogens (tertiary/aromatic N) is 2. The fourth-order valence-corrected chi connectivity index (χ4v) is 3.78. The van der Waals surface area contributed by atoms with Crippen LogP contribution < -0.4 is 14.8 Å². The third-order valence-corrected chi connectivity index (χ3v) is 5.59. The molecule has 0 aliphatic carbocycles. The van der Waals surface area contributed by atoms with E-state index in [2.05, 4.69) is 15.3 Å². The van der Waals surface area contributed by atoms with Gasteiger partial charge in [-0.25, -0.2) is 14.4 Å². The van der Waals surface area contributed by atoms with Gasteiger partial charge < -0.3 is 19.5 Å². The third-order valence-electron chi connectivity index (χ3n) is 5.30. The zero-order valence-electron chi connectivity index (χ0n) is 17.6. The zero-order valence-corrected chi connectivity index (χ0v) is 18.4. The summed E-state index contributed by atoms with van der Waals surface area (Å²) < 4.78 is 31.4. The van der Waals surface area contributed by atoms with Gasteiger partial charge in [-0.05, 0) is 29.8 Å². The van der Waals surface area contributed by atoms with E-state index in [1.165, 1.54) is 18.5 Å². The van der Waals surface area contributed by atoms with Crippen LogP contribution in [0.3, 0.4) is 0 Å². The Morgan fingerprint density at radius 3 is 2.73 bits per heavy atom. The molecule has 1 aliphatic heterocycles. The highest BCUT2D eigenvalue weighted by molar-refractivity contribution is 6.31. The molecule has 1 unspecified atom stereocenters. The molecule has 6 nitrogen and oxygen atoms in total. The van der Waals surface area contributed by atoms with E-state index in [4.69, 9.17) is 25.8 Å². The Bertz CT molecular complexity index is 1270. The summed E-state index contributed by atoms with van der Waals surface area (Å²) in [5.74, 6) is 1.24. The molecule has 8 heteroatoms. The minimum absolute atomic E-state index is 0.0280. The molecule has 0 saturated carbocycles. The van der Waals surface area contributed by atoms with Crippen LogP contribution in [0.25, 0.3) is 10.9 Å². The van der Waals surface area contributed by atoms with E-state index in [9.17, 15) is 4.39 Å². The minimum Gasteiger partial charge on any atom is -0.485 e. The summed E-state index contributed by atoms with van der Waals surface area (Å²) in [4.78, 5) is 8.78. The summed E-state index contributed by atoms with van der Waals surface area (Å²) in [6, 6.07) is 18.0. The largest absolute Gasteiger partial charge is 0.485 e. The number of hydrogen-bond donors (Lipinski definition) is 1. The number of ether oxygens (including phenoxy) is 3. The average Bonchev–Trinajstić information content (AvgIpc) is 3.34. The van der Waals surface area contributed by atoms with Gasteiger partial charge in [0.15, 0.2) is 11.5 Å². The maximum Gasteiger partial charge on any atom is 0.163 e. The lowest BCUT2D eigenvalue weighted by molar-refractivity contribution is 0.137. The van der Waals surface area contributed by atoms with Crippen molar-refractivity contribution < 1.29 is 18.6 Å². The Hall–Kier alpha value is -3.42. The van der Waals surface area contributed by atoms with Gasteiger partial charge in [0.2, 0.25) is 0 Å². The molecule has 168 valence electrons. The smallest absolute Gasteiger partial charge is 0.163 e. The van der Waals surface area contributed by atoms with Gasteiger partial charge >= 0.3 is 0 Å². The van der Waals surface area contributed by atoms with Gasteiger partial charge in [0.1, 0.15) is 30.7 Å². The second-order valence-corrected chi connectivity index (χ2v) is 8.08. The number of anilines is 2. The molecule has 0 radical (unpaired) electrons. The molecule has 3 aromatic carbocycles. The van der Waals surface area contributed by atoms with E-state index in [1.54, 1.807) is 6.07 Å². The Labute approximate surface area is 195 Å². The highest BCUT2D eigenvalue weighted by Gasteiger charge is 2.21. The Morgan fingerprint density at radius 1 is 1.06 bits per heavy atom. The highest BCUT2D eigenvalue weighted by atomic mass is 35.5. The first-order valence-corrected chi connectivity index (χ1v) is 11.0. The third kappa shape index (κ3) is 4.99. The van der Waals surface area contributed by atoms with Crippen LogP contribution in [0.5, 0.6) is 11.5 Å². The molecule has 1 fully saturated rings. The lowest BCUT2D eigenvalue weighted by Gasteiger charge is -2.18. The van der Waals surface area contributed by atoms with Crippen molar-refractivity contribution in [3.8, 4) is 11.5 Å². The number of benzene rings is 3. The molecule has 1 atom stereocenters. The van der Waals surface area contributed by atoms with E-state index in [0.717, 1.165) is 17.4 Å². The average molecular weight is 466 g/mol. The molecule has 0 spiro atoms. The molecule has 1 aliphatic rings. The SMILES string of the molecule is Fc1ccc(Nc2ncnc3cc(OCc4ccccc4)c(OC4CCOC4)cc23)cc1Cl. The molecular weight excluding hydrogens is 445 g/mol. The topological polar surface area (TPSA) is 65.5 Å². The standard InChI is InChI=1S/C25H21ClFN3O3/c26-20-10-17(6-7-21(20)27)30-25-19-11-24(33-18-8-9-31-14-18)23(12-22(19)28-15-29-25)32-13-16-4-2-1-3-5-16/h1-7,10-12,15,18H,8-9,13-14H2,(H,28,29,30). The Kier molecular flexibility index (Phi) is 6.24. The zero-order chi connectivity index (χ0) is 22.6. The number of rotatable bonds is 7. The summed E-state index contributed by atoms with van der Waals surface area (Å²) in [7, 11) is 0. The minimum atomic E-state index is -0.482. The molecule has 1 N–H and O–H groups in total. The highest BCUT2D eigenvalue weighted by Crippen LogP contribution is 2.37. The molecule has 0 bridgehead atoms. The fraction of sp³-hybridized carbons (Fsp3) is 0.200. The summed E-state index contributed by atoms with van der Waals surface area (Å²) in [5, 5.41) is 3.95. The molecule has 4 aromatic rings.